The summed E-state index contributed by atoms with van der Waals surface area (Å²) < 4.78 is 15.4. The Balaban J connectivity index is 1.83. The number of β-amino-alcohol motifs (C(OH)–C–C–N with tert-alkyl or cyclic N) is 1. The lowest BCUT2D eigenvalue weighted by atomic mass is 10.1. The number of hydrogen-bond donors (Lipinski definition) is 2. The summed E-state index contributed by atoms with van der Waals surface area (Å²) >= 11 is 0. The number of aliphatic hydroxyl groups excluding tert-OH is 1. The number of halogens is 1. The number of carbonyl (C=O) groups excluding carboxylic acids is 2. The van der Waals surface area contributed by atoms with E-state index in [1.807, 2.05) is 0 Å². The molecule has 2 N–H and O–H groups in total. The summed E-state index contributed by atoms with van der Waals surface area (Å²) in [4.78, 5) is 30.5. The molecule has 0 aliphatic carbocycles. The molecule has 3 rings (SSSR count). The lowest BCUT2D eigenvalue weighted by Gasteiger charge is -2.30. The number of hydrogen-bond acceptors (Lipinski definition) is 4. The number of aryl methyl sites for hydroxylation is 1. The summed E-state index contributed by atoms with van der Waals surface area (Å²) in [5, 5.41) is 12.4. The molecule has 2 aromatic rings. The highest BCUT2D eigenvalue weighted by Crippen LogP contribution is 2.21. The molecule has 0 spiro atoms. The number of amides is 2. The highest BCUT2D eigenvalue weighted by atomic mass is 19.1. The zero-order valence-electron chi connectivity index (χ0n) is 14.4. The molecule has 1 saturated heterocycles. The molecule has 0 unspecified atom stereocenters. The van der Waals surface area contributed by atoms with Gasteiger partial charge < -0.3 is 19.9 Å². The molecule has 1 aliphatic heterocycles. The normalized spacial score (nSPS) is 18.4. The molecular formula is C18H21FN4O3. The van der Waals surface area contributed by atoms with E-state index in [0.717, 1.165) is 0 Å². The molecule has 8 heteroatoms. The summed E-state index contributed by atoms with van der Waals surface area (Å²) in [6.07, 6.45) is 3.92. The van der Waals surface area contributed by atoms with Gasteiger partial charge in [-0.05, 0) is 30.5 Å². The number of nitrogens with zero attached hydrogens (tertiary/aromatic N) is 3. The fourth-order valence-electron chi connectivity index (χ4n) is 3.11. The molecule has 1 aromatic heterocycles. The zero-order chi connectivity index (χ0) is 18.7. The van der Waals surface area contributed by atoms with Crippen LogP contribution in [0.3, 0.4) is 0 Å². The van der Waals surface area contributed by atoms with Crippen LogP contribution in [-0.4, -0.2) is 50.6 Å². The quantitative estimate of drug-likeness (QED) is 0.791. The predicted octanol–water partition coefficient (Wildman–Crippen LogP) is 0.748. The van der Waals surface area contributed by atoms with Crippen molar-refractivity contribution in [1.29, 1.82) is 0 Å². The van der Waals surface area contributed by atoms with Gasteiger partial charge in [-0.15, -0.1) is 0 Å². The van der Waals surface area contributed by atoms with Crippen LogP contribution in [-0.2, 0) is 16.6 Å². The van der Waals surface area contributed by atoms with Crippen LogP contribution in [0, 0.1) is 5.82 Å². The number of benzene rings is 1. The maximum atomic E-state index is 13.7. The molecular weight excluding hydrogens is 339 g/mol. The third-order valence-electron chi connectivity index (χ3n) is 4.45. The topological polar surface area (TPSA) is 87.5 Å². The fraction of sp³-hybridized carbons (Fsp3) is 0.389. The van der Waals surface area contributed by atoms with Crippen LogP contribution in [0.4, 0.5) is 4.39 Å². The molecule has 0 saturated carbocycles. The first-order valence-electron chi connectivity index (χ1n) is 8.46. The highest BCUT2D eigenvalue weighted by molar-refractivity contribution is 6.35. The van der Waals surface area contributed by atoms with Crippen molar-refractivity contribution in [1.82, 2.24) is 19.8 Å². The van der Waals surface area contributed by atoms with Crippen molar-refractivity contribution in [3.63, 3.8) is 0 Å². The van der Waals surface area contributed by atoms with Crippen molar-refractivity contribution in [3.05, 3.63) is 53.9 Å². The summed E-state index contributed by atoms with van der Waals surface area (Å²) in [5.41, 5.74) is 0.485. The number of imidazole rings is 1. The van der Waals surface area contributed by atoms with Crippen LogP contribution in [0.1, 0.15) is 30.3 Å². The van der Waals surface area contributed by atoms with Gasteiger partial charge in [-0.25, -0.2) is 9.37 Å². The Morgan fingerprint density at radius 3 is 2.88 bits per heavy atom. The SMILES string of the molecule is Cn1ccnc1[C@@H](NC(=O)C(=O)N1CCC[C@@H](O)C1)c1cccc(F)c1. The molecule has 2 heterocycles. The number of piperidine rings is 1. The van der Waals surface area contributed by atoms with Gasteiger partial charge in [0.25, 0.3) is 0 Å². The Kier molecular flexibility index (Phi) is 5.32. The maximum Gasteiger partial charge on any atom is 0.311 e. The summed E-state index contributed by atoms with van der Waals surface area (Å²) in [5.74, 6) is -1.48. The number of aromatic nitrogens is 2. The Hall–Kier alpha value is -2.74. The first kappa shape index (κ1) is 18.1. The van der Waals surface area contributed by atoms with Crippen molar-refractivity contribution >= 4 is 11.8 Å². The van der Waals surface area contributed by atoms with E-state index in [2.05, 4.69) is 10.3 Å². The smallest absolute Gasteiger partial charge is 0.311 e. The van der Waals surface area contributed by atoms with Crippen LogP contribution in [0.2, 0.25) is 0 Å². The average Bonchev–Trinajstić information content (AvgIpc) is 3.04. The Morgan fingerprint density at radius 1 is 1.42 bits per heavy atom. The second-order valence-corrected chi connectivity index (χ2v) is 6.41. The van der Waals surface area contributed by atoms with Gasteiger partial charge in [0.2, 0.25) is 0 Å². The van der Waals surface area contributed by atoms with Gasteiger partial charge in [0.05, 0.1) is 6.10 Å². The van der Waals surface area contributed by atoms with Crippen molar-refractivity contribution in [2.24, 2.45) is 7.05 Å². The van der Waals surface area contributed by atoms with Crippen LogP contribution in [0.25, 0.3) is 0 Å². The van der Waals surface area contributed by atoms with Crippen LogP contribution in [0.15, 0.2) is 36.7 Å². The third-order valence-corrected chi connectivity index (χ3v) is 4.45. The Bertz CT molecular complexity index is 807. The van der Waals surface area contributed by atoms with Gasteiger partial charge in [-0.2, -0.15) is 0 Å². The average molecular weight is 360 g/mol. The zero-order valence-corrected chi connectivity index (χ0v) is 14.4. The fourth-order valence-corrected chi connectivity index (χ4v) is 3.11. The number of carbonyl (C=O) groups is 2. The van der Waals surface area contributed by atoms with Gasteiger partial charge >= 0.3 is 11.8 Å². The predicted molar refractivity (Wildman–Crippen MR) is 91.4 cm³/mol. The number of rotatable bonds is 3. The minimum Gasteiger partial charge on any atom is -0.391 e. The summed E-state index contributed by atoms with van der Waals surface area (Å²) in [7, 11) is 1.75. The van der Waals surface area contributed by atoms with Gasteiger partial charge in [0.15, 0.2) is 0 Å². The summed E-state index contributed by atoms with van der Waals surface area (Å²) in [6.45, 7) is 0.565. The van der Waals surface area contributed by atoms with Crippen LogP contribution in [0.5, 0.6) is 0 Å². The Labute approximate surface area is 150 Å². The lowest BCUT2D eigenvalue weighted by Crippen LogP contribution is -2.49. The first-order chi connectivity index (χ1) is 12.5. The van der Waals surface area contributed by atoms with E-state index in [1.165, 1.54) is 23.1 Å². The van der Waals surface area contributed by atoms with E-state index in [4.69, 9.17) is 0 Å². The molecule has 26 heavy (non-hydrogen) atoms. The van der Waals surface area contributed by atoms with E-state index in [1.54, 1.807) is 30.1 Å². The van der Waals surface area contributed by atoms with Crippen LogP contribution >= 0.6 is 0 Å². The van der Waals surface area contributed by atoms with E-state index < -0.39 is 29.8 Å². The Morgan fingerprint density at radius 2 is 2.23 bits per heavy atom. The van der Waals surface area contributed by atoms with E-state index >= 15 is 0 Å². The molecule has 2 amide bonds. The second-order valence-electron chi connectivity index (χ2n) is 6.41. The molecule has 1 aliphatic rings. The standard InChI is InChI=1S/C18H21FN4O3/c1-22-9-7-20-16(22)15(12-4-2-5-13(19)10-12)21-17(25)18(26)23-8-3-6-14(24)11-23/h2,4-5,7,9-10,14-15,24H,3,6,8,11H2,1H3,(H,21,25)/t14-,15+/m1/s1. The monoisotopic (exact) mass is 360 g/mol. The second kappa shape index (κ2) is 7.65. The number of nitrogens with one attached hydrogen (secondary N) is 1. The number of aliphatic hydroxyl groups is 1. The molecule has 1 fully saturated rings. The third kappa shape index (κ3) is 3.91. The van der Waals surface area contributed by atoms with Gasteiger partial charge in [0, 0.05) is 32.5 Å². The first-order valence-corrected chi connectivity index (χ1v) is 8.46. The van der Waals surface area contributed by atoms with Gasteiger partial charge in [0.1, 0.15) is 17.7 Å². The van der Waals surface area contributed by atoms with Crippen molar-refractivity contribution in [3.8, 4) is 0 Å². The van der Waals surface area contributed by atoms with E-state index in [9.17, 15) is 19.1 Å². The minimum absolute atomic E-state index is 0.138. The van der Waals surface area contributed by atoms with Crippen molar-refractivity contribution < 1.29 is 19.1 Å². The largest absolute Gasteiger partial charge is 0.391 e. The van der Waals surface area contributed by atoms with Crippen molar-refractivity contribution in [2.75, 3.05) is 13.1 Å². The molecule has 138 valence electrons. The highest BCUT2D eigenvalue weighted by Gasteiger charge is 2.30. The molecule has 2 atom stereocenters. The van der Waals surface area contributed by atoms with Gasteiger partial charge in [-0.3, -0.25) is 9.59 Å². The summed E-state index contributed by atoms with van der Waals surface area (Å²) in [6, 6.07) is 5.04. The van der Waals surface area contributed by atoms with Gasteiger partial charge in [-0.1, -0.05) is 12.1 Å². The molecule has 0 radical (unpaired) electrons. The van der Waals surface area contributed by atoms with Crippen molar-refractivity contribution in [2.45, 2.75) is 25.0 Å². The minimum atomic E-state index is -0.809. The van der Waals surface area contributed by atoms with Crippen LogP contribution < -0.4 is 5.32 Å². The maximum absolute atomic E-state index is 13.7. The molecule has 7 nitrogen and oxygen atoms in total. The molecule has 1 aromatic carbocycles. The van der Waals surface area contributed by atoms with E-state index in [0.29, 0.717) is 30.8 Å². The van der Waals surface area contributed by atoms with E-state index in [-0.39, 0.29) is 6.54 Å². The molecule has 0 bridgehead atoms. The lowest BCUT2D eigenvalue weighted by molar-refractivity contribution is -0.148. The number of likely N-dealkylation sites (tertiary alicyclic amines) is 1.